The number of fused-ring (bicyclic) bond motifs is 2. The second-order valence-electron chi connectivity index (χ2n) is 9.61. The molecule has 1 spiro atoms. The van der Waals surface area contributed by atoms with Crippen LogP contribution < -0.4 is 4.74 Å². The second kappa shape index (κ2) is 8.45. The molecule has 1 aromatic heterocycles. The largest absolute Gasteiger partial charge is 0.493 e. The Morgan fingerprint density at radius 1 is 1.00 bits per heavy atom. The van der Waals surface area contributed by atoms with Gasteiger partial charge in [-0.15, -0.1) is 0 Å². The van der Waals surface area contributed by atoms with Crippen LogP contribution in [0.15, 0.2) is 36.4 Å². The number of carbonyl (C=O) groups excluding carboxylic acids is 2. The van der Waals surface area contributed by atoms with Crippen molar-refractivity contribution in [3.05, 3.63) is 53.3 Å². The number of hydrogen-bond acceptors (Lipinski definition) is 4. The Kier molecular flexibility index (Phi) is 5.70. The Balaban J connectivity index is 1.29. The summed E-state index contributed by atoms with van der Waals surface area (Å²) in [7, 11) is 1.96. The van der Waals surface area contributed by atoms with Gasteiger partial charge >= 0.3 is 6.18 Å². The smallest absolute Gasteiger partial charge is 0.456 e. The lowest BCUT2D eigenvalue weighted by atomic mass is 9.81. The van der Waals surface area contributed by atoms with Crippen LogP contribution >= 0.6 is 0 Å². The zero-order valence-electron chi connectivity index (χ0n) is 19.1. The van der Waals surface area contributed by atoms with Gasteiger partial charge in [-0.25, -0.2) is 0 Å². The molecule has 1 amide bonds. The molecule has 2 fully saturated rings. The van der Waals surface area contributed by atoms with Crippen molar-refractivity contribution < 1.29 is 27.5 Å². The van der Waals surface area contributed by atoms with E-state index in [1.54, 1.807) is 23.1 Å². The van der Waals surface area contributed by atoms with Gasteiger partial charge in [0.15, 0.2) is 0 Å². The maximum atomic E-state index is 13.1. The van der Waals surface area contributed by atoms with Crippen LogP contribution in [0, 0.1) is 5.92 Å². The van der Waals surface area contributed by atoms with Crippen LogP contribution in [0.2, 0.25) is 0 Å². The molecule has 0 radical (unpaired) electrons. The molecule has 0 unspecified atom stereocenters. The van der Waals surface area contributed by atoms with Crippen molar-refractivity contribution in [3.8, 4) is 5.75 Å². The molecule has 1 aromatic carbocycles. The Morgan fingerprint density at radius 2 is 1.68 bits per heavy atom. The van der Waals surface area contributed by atoms with Crippen LogP contribution in [-0.4, -0.2) is 65.5 Å². The Morgan fingerprint density at radius 3 is 2.29 bits per heavy atom. The van der Waals surface area contributed by atoms with Crippen molar-refractivity contribution in [3.63, 3.8) is 0 Å². The average molecular weight is 476 g/mol. The first-order valence-corrected chi connectivity index (χ1v) is 11.7. The van der Waals surface area contributed by atoms with E-state index in [4.69, 9.17) is 4.74 Å². The highest BCUT2D eigenvalue weighted by molar-refractivity contribution is 5.99. The lowest BCUT2D eigenvalue weighted by Gasteiger charge is -2.50. The molecule has 1 aliphatic carbocycles. The number of likely N-dealkylation sites (tertiary alicyclic amines) is 1. The van der Waals surface area contributed by atoms with Crippen LogP contribution in [0.25, 0.3) is 0 Å². The normalized spacial score (nSPS) is 20.3. The molecule has 3 heterocycles. The molecule has 5 rings (SSSR count). The van der Waals surface area contributed by atoms with Crippen molar-refractivity contribution in [1.29, 1.82) is 0 Å². The molecule has 0 N–H and O–H groups in total. The minimum absolute atomic E-state index is 0.0645. The molecular weight excluding hydrogens is 447 g/mol. The molecule has 2 aliphatic heterocycles. The number of Topliss-reactive ketones (excluding diaryl/α,β-unsaturated/α-hetero) is 1. The van der Waals surface area contributed by atoms with Crippen molar-refractivity contribution in [2.24, 2.45) is 5.92 Å². The summed E-state index contributed by atoms with van der Waals surface area (Å²) in [5, 5.41) is 0. The van der Waals surface area contributed by atoms with Crippen molar-refractivity contribution in [1.82, 2.24) is 14.4 Å². The van der Waals surface area contributed by atoms with Crippen molar-refractivity contribution in [2.45, 2.75) is 43.9 Å². The molecule has 2 aromatic rings. The number of nitrogens with zero attached hydrogens (tertiary/aromatic N) is 3. The number of amides is 1. The number of benzene rings is 1. The van der Waals surface area contributed by atoms with Gasteiger partial charge in [0.05, 0.1) is 17.8 Å². The first kappa shape index (κ1) is 23.0. The summed E-state index contributed by atoms with van der Waals surface area (Å²) in [4.78, 5) is 29.0. The average Bonchev–Trinajstić information content (AvgIpc) is 3.56. The van der Waals surface area contributed by atoms with E-state index in [0.717, 1.165) is 11.4 Å². The minimum Gasteiger partial charge on any atom is -0.493 e. The van der Waals surface area contributed by atoms with E-state index in [-0.39, 0.29) is 11.6 Å². The Labute approximate surface area is 196 Å². The number of rotatable bonds is 5. The molecule has 9 heteroatoms. The number of carbonyl (C=O) groups is 2. The summed E-state index contributed by atoms with van der Waals surface area (Å²) in [6.07, 6.45) is -1.30. The summed E-state index contributed by atoms with van der Waals surface area (Å²) < 4.78 is 46.5. The maximum Gasteiger partial charge on any atom is 0.456 e. The van der Waals surface area contributed by atoms with E-state index in [1.807, 2.05) is 19.2 Å². The number of likely N-dealkylation sites (N-methyl/N-ethyl adjacent to an activating group) is 1. The lowest BCUT2D eigenvalue weighted by Crippen LogP contribution is -2.56. The Hall–Kier alpha value is -2.81. The highest BCUT2D eigenvalue weighted by atomic mass is 19.4. The third kappa shape index (κ3) is 4.10. The predicted octanol–water partition coefficient (Wildman–Crippen LogP) is 4.10. The van der Waals surface area contributed by atoms with E-state index in [0.29, 0.717) is 57.1 Å². The molecule has 3 aliphatic rings. The predicted molar refractivity (Wildman–Crippen MR) is 119 cm³/mol. The van der Waals surface area contributed by atoms with Gasteiger partial charge in [0.2, 0.25) is 0 Å². The van der Waals surface area contributed by atoms with Crippen LogP contribution in [0.3, 0.4) is 0 Å². The van der Waals surface area contributed by atoms with Gasteiger partial charge in [-0.2, -0.15) is 13.2 Å². The summed E-state index contributed by atoms with van der Waals surface area (Å²) in [6, 6.07) is 10.1. The lowest BCUT2D eigenvalue weighted by molar-refractivity contribution is -0.0892. The van der Waals surface area contributed by atoms with Gasteiger partial charge in [-0.3, -0.25) is 14.5 Å². The first-order chi connectivity index (χ1) is 16.2. The fourth-order valence-corrected chi connectivity index (χ4v) is 5.21. The fourth-order valence-electron chi connectivity index (χ4n) is 5.21. The van der Waals surface area contributed by atoms with E-state index >= 15 is 0 Å². The van der Waals surface area contributed by atoms with Gasteiger partial charge in [0, 0.05) is 37.4 Å². The molecule has 0 bridgehead atoms. The summed E-state index contributed by atoms with van der Waals surface area (Å²) in [6.45, 7) is 2.55. The highest BCUT2D eigenvalue weighted by Crippen LogP contribution is 2.42. The van der Waals surface area contributed by atoms with Gasteiger partial charge in [0.1, 0.15) is 5.75 Å². The Bertz CT molecular complexity index is 1080. The van der Waals surface area contributed by atoms with E-state index < -0.39 is 17.5 Å². The first-order valence-electron chi connectivity index (χ1n) is 11.7. The van der Waals surface area contributed by atoms with Crippen LogP contribution in [0.4, 0.5) is 13.2 Å². The fraction of sp³-hybridized carbons (Fsp3) is 0.520. The minimum atomic E-state index is -4.90. The van der Waals surface area contributed by atoms with Gasteiger partial charge < -0.3 is 14.2 Å². The van der Waals surface area contributed by atoms with Crippen molar-refractivity contribution in [2.75, 3.05) is 33.3 Å². The van der Waals surface area contributed by atoms with Crippen molar-refractivity contribution >= 4 is 11.7 Å². The SMILES string of the molecule is CN1CCn2c(C(=O)C(F)(F)F)ccc2C12CCN(C(=O)c1ccc(OCC3CC3)cc1)CC2. The number of aromatic nitrogens is 1. The zero-order valence-corrected chi connectivity index (χ0v) is 19.1. The van der Waals surface area contributed by atoms with Crippen LogP contribution in [-0.2, 0) is 12.1 Å². The van der Waals surface area contributed by atoms with E-state index in [9.17, 15) is 22.8 Å². The standard InChI is InChI=1S/C25H28F3N3O3/c1-29-14-15-31-20(22(32)25(26,27)28)8-9-21(31)24(29)10-12-30(13-11-24)23(33)18-4-6-19(7-5-18)34-16-17-2-3-17/h4-9,17H,2-3,10-16H2,1H3. The molecule has 1 saturated heterocycles. The zero-order chi connectivity index (χ0) is 24.1. The molecule has 182 valence electrons. The highest BCUT2D eigenvalue weighted by Gasteiger charge is 2.47. The van der Waals surface area contributed by atoms with Crippen LogP contribution in [0.1, 0.15) is 52.2 Å². The third-order valence-corrected chi connectivity index (χ3v) is 7.50. The molecule has 34 heavy (non-hydrogen) atoms. The third-order valence-electron chi connectivity index (χ3n) is 7.50. The van der Waals surface area contributed by atoms with Gasteiger partial charge in [-0.05, 0) is 75.0 Å². The monoisotopic (exact) mass is 475 g/mol. The molecule has 6 nitrogen and oxygen atoms in total. The second-order valence-corrected chi connectivity index (χ2v) is 9.61. The summed E-state index contributed by atoms with van der Waals surface area (Å²) in [5.41, 5.74) is 0.503. The number of piperidine rings is 1. The maximum absolute atomic E-state index is 13.1. The number of ketones is 1. The summed E-state index contributed by atoms with van der Waals surface area (Å²) in [5.74, 6) is -0.459. The molecule has 1 saturated carbocycles. The number of alkyl halides is 3. The number of halogens is 3. The van der Waals surface area contributed by atoms with E-state index in [2.05, 4.69) is 4.90 Å². The number of ether oxygens (including phenoxy) is 1. The molecular formula is C25H28F3N3O3. The van der Waals surface area contributed by atoms with E-state index in [1.165, 1.54) is 23.5 Å². The number of hydrogen-bond donors (Lipinski definition) is 0. The van der Waals surface area contributed by atoms with Gasteiger partial charge in [-0.1, -0.05) is 0 Å². The summed E-state index contributed by atoms with van der Waals surface area (Å²) >= 11 is 0. The molecule has 0 atom stereocenters. The topological polar surface area (TPSA) is 54.8 Å². The quantitative estimate of drug-likeness (QED) is 0.611. The van der Waals surface area contributed by atoms with Gasteiger partial charge in [0.25, 0.3) is 11.7 Å². The van der Waals surface area contributed by atoms with Crippen LogP contribution in [0.5, 0.6) is 5.75 Å².